The zero-order valence-corrected chi connectivity index (χ0v) is 15.1. The molecule has 1 aliphatic carbocycles. The highest BCUT2D eigenvalue weighted by Gasteiger charge is 2.31. The fourth-order valence-electron chi connectivity index (χ4n) is 2.87. The number of carbonyl (C=O) groups is 1. The highest BCUT2D eigenvalue weighted by Crippen LogP contribution is 2.39. The lowest BCUT2D eigenvalue weighted by Crippen LogP contribution is -2.38. The molecule has 0 N–H and O–H groups in total. The molecule has 0 bridgehead atoms. The molecule has 0 atom stereocenters. The summed E-state index contributed by atoms with van der Waals surface area (Å²) in [6.45, 7) is 9.44. The minimum absolute atomic E-state index is 0.261. The van der Waals surface area contributed by atoms with Crippen molar-refractivity contribution >= 4 is 6.09 Å². The largest absolute Gasteiger partial charge is 0.478 e. The van der Waals surface area contributed by atoms with Crippen LogP contribution in [-0.2, 0) is 17.6 Å². The smallest absolute Gasteiger partial charge is 0.410 e. The van der Waals surface area contributed by atoms with Crippen molar-refractivity contribution in [1.82, 2.24) is 14.9 Å². The number of fused-ring (bicyclic) bond motifs is 1. The van der Waals surface area contributed by atoms with Gasteiger partial charge in [0.2, 0.25) is 5.88 Å². The van der Waals surface area contributed by atoms with E-state index < -0.39 is 5.60 Å². The molecule has 0 spiro atoms. The maximum atomic E-state index is 12.3. The molecule has 6 heteroatoms. The van der Waals surface area contributed by atoms with Gasteiger partial charge in [-0.15, -0.1) is 0 Å². The SMILES string of the molecule is CCOc1nc(C2CC2)nc2c1CCN(C(=O)OC(C)(C)C)CC2. The van der Waals surface area contributed by atoms with Gasteiger partial charge >= 0.3 is 6.09 Å². The van der Waals surface area contributed by atoms with Crippen molar-refractivity contribution in [2.45, 2.75) is 64.9 Å². The van der Waals surface area contributed by atoms with Gasteiger partial charge in [-0.25, -0.2) is 9.78 Å². The Bertz CT molecular complexity index is 621. The van der Waals surface area contributed by atoms with Crippen molar-refractivity contribution in [3.05, 3.63) is 17.1 Å². The Labute approximate surface area is 143 Å². The van der Waals surface area contributed by atoms with Crippen LogP contribution in [0.25, 0.3) is 0 Å². The molecule has 1 aromatic rings. The number of amides is 1. The van der Waals surface area contributed by atoms with Gasteiger partial charge in [-0.2, -0.15) is 4.98 Å². The third-order valence-corrected chi connectivity index (χ3v) is 4.20. The number of hydrogen-bond acceptors (Lipinski definition) is 5. The van der Waals surface area contributed by atoms with Crippen LogP contribution < -0.4 is 4.74 Å². The van der Waals surface area contributed by atoms with E-state index in [0.717, 1.165) is 36.3 Å². The number of ether oxygens (including phenoxy) is 2. The first-order chi connectivity index (χ1) is 11.4. The van der Waals surface area contributed by atoms with Crippen molar-refractivity contribution in [3.8, 4) is 5.88 Å². The lowest BCUT2D eigenvalue weighted by Gasteiger charge is -2.26. The Morgan fingerprint density at radius 3 is 2.54 bits per heavy atom. The predicted octanol–water partition coefficient (Wildman–Crippen LogP) is 3.09. The van der Waals surface area contributed by atoms with E-state index in [2.05, 4.69) is 4.98 Å². The van der Waals surface area contributed by atoms with Crippen LogP contribution in [0.2, 0.25) is 0 Å². The zero-order chi connectivity index (χ0) is 17.3. The minimum Gasteiger partial charge on any atom is -0.478 e. The maximum Gasteiger partial charge on any atom is 0.410 e. The van der Waals surface area contributed by atoms with Crippen LogP contribution in [0, 0.1) is 0 Å². The Hall–Kier alpha value is -1.85. The van der Waals surface area contributed by atoms with Crippen molar-refractivity contribution in [2.75, 3.05) is 19.7 Å². The lowest BCUT2D eigenvalue weighted by molar-refractivity contribution is 0.0258. The molecular weight excluding hydrogens is 306 g/mol. The molecule has 132 valence electrons. The Morgan fingerprint density at radius 2 is 1.92 bits per heavy atom. The van der Waals surface area contributed by atoms with Crippen LogP contribution in [0.5, 0.6) is 5.88 Å². The van der Waals surface area contributed by atoms with Crippen LogP contribution >= 0.6 is 0 Å². The highest BCUT2D eigenvalue weighted by atomic mass is 16.6. The molecule has 2 aliphatic rings. The summed E-state index contributed by atoms with van der Waals surface area (Å²) in [6.07, 6.45) is 3.48. The van der Waals surface area contributed by atoms with Crippen molar-refractivity contribution in [2.24, 2.45) is 0 Å². The van der Waals surface area contributed by atoms with E-state index >= 15 is 0 Å². The highest BCUT2D eigenvalue weighted by molar-refractivity contribution is 5.68. The van der Waals surface area contributed by atoms with Crippen LogP contribution in [0.4, 0.5) is 4.79 Å². The number of carbonyl (C=O) groups excluding carboxylic acids is 1. The second kappa shape index (κ2) is 6.57. The molecule has 0 unspecified atom stereocenters. The number of hydrogen-bond donors (Lipinski definition) is 0. The molecule has 1 fully saturated rings. The predicted molar refractivity (Wildman–Crippen MR) is 90.4 cm³/mol. The number of aromatic nitrogens is 2. The zero-order valence-electron chi connectivity index (χ0n) is 15.1. The summed E-state index contributed by atoms with van der Waals surface area (Å²) >= 11 is 0. The van der Waals surface area contributed by atoms with Crippen LogP contribution in [0.3, 0.4) is 0 Å². The van der Waals surface area contributed by atoms with Crippen LogP contribution in [-0.4, -0.2) is 46.3 Å². The molecule has 1 saturated carbocycles. The van der Waals surface area contributed by atoms with Gasteiger partial charge in [-0.1, -0.05) is 0 Å². The van der Waals surface area contributed by atoms with Crippen LogP contribution in [0.15, 0.2) is 0 Å². The second-order valence-electron chi connectivity index (χ2n) is 7.49. The van der Waals surface area contributed by atoms with E-state index in [9.17, 15) is 4.79 Å². The maximum absolute atomic E-state index is 12.3. The first-order valence-electron chi connectivity index (χ1n) is 8.88. The monoisotopic (exact) mass is 333 g/mol. The average molecular weight is 333 g/mol. The van der Waals surface area contributed by atoms with E-state index in [0.29, 0.717) is 37.9 Å². The molecule has 1 amide bonds. The van der Waals surface area contributed by atoms with E-state index in [1.165, 1.54) is 0 Å². The molecule has 3 rings (SSSR count). The number of nitrogens with zero attached hydrogens (tertiary/aromatic N) is 3. The summed E-state index contributed by atoms with van der Waals surface area (Å²) in [6, 6.07) is 0. The lowest BCUT2D eigenvalue weighted by atomic mass is 10.1. The summed E-state index contributed by atoms with van der Waals surface area (Å²) in [7, 11) is 0. The van der Waals surface area contributed by atoms with Gasteiger partial charge < -0.3 is 14.4 Å². The Morgan fingerprint density at radius 1 is 1.21 bits per heavy atom. The second-order valence-corrected chi connectivity index (χ2v) is 7.49. The minimum atomic E-state index is -0.480. The fourth-order valence-corrected chi connectivity index (χ4v) is 2.87. The molecular formula is C18H27N3O3. The standard InChI is InChI=1S/C18H27N3O3/c1-5-23-16-13-8-10-21(17(22)24-18(2,3)4)11-9-14(13)19-15(20-16)12-6-7-12/h12H,5-11H2,1-4H3. The Balaban J connectivity index is 1.79. The summed E-state index contributed by atoms with van der Waals surface area (Å²) < 4.78 is 11.3. The molecule has 1 aliphatic heterocycles. The average Bonchev–Trinajstić information content (AvgIpc) is 3.32. The van der Waals surface area contributed by atoms with E-state index in [1.807, 2.05) is 27.7 Å². The third-order valence-electron chi connectivity index (χ3n) is 4.20. The van der Waals surface area contributed by atoms with Gasteiger partial charge in [0.1, 0.15) is 11.4 Å². The van der Waals surface area contributed by atoms with Gasteiger partial charge in [0.05, 0.1) is 12.3 Å². The molecule has 0 saturated heterocycles. The summed E-state index contributed by atoms with van der Waals surface area (Å²) in [5, 5.41) is 0. The topological polar surface area (TPSA) is 64.6 Å². The summed E-state index contributed by atoms with van der Waals surface area (Å²) in [5.74, 6) is 2.10. The fraction of sp³-hybridized carbons (Fsp3) is 0.722. The first-order valence-corrected chi connectivity index (χ1v) is 8.88. The molecule has 6 nitrogen and oxygen atoms in total. The third kappa shape index (κ3) is 3.97. The first kappa shape index (κ1) is 17.0. The van der Waals surface area contributed by atoms with Crippen molar-refractivity contribution in [3.63, 3.8) is 0 Å². The van der Waals surface area contributed by atoms with Crippen LogP contribution in [0.1, 0.15) is 63.5 Å². The van der Waals surface area contributed by atoms with E-state index in [1.54, 1.807) is 4.90 Å². The van der Waals surface area contributed by atoms with E-state index in [4.69, 9.17) is 14.5 Å². The van der Waals surface area contributed by atoms with Gasteiger partial charge in [-0.3, -0.25) is 0 Å². The number of rotatable bonds is 3. The van der Waals surface area contributed by atoms with Gasteiger partial charge in [-0.05, 0) is 47.0 Å². The quantitative estimate of drug-likeness (QED) is 0.850. The molecule has 24 heavy (non-hydrogen) atoms. The molecule has 0 aromatic carbocycles. The summed E-state index contributed by atoms with van der Waals surface area (Å²) in [5.41, 5.74) is 1.60. The molecule has 2 heterocycles. The Kier molecular flexibility index (Phi) is 4.65. The van der Waals surface area contributed by atoms with Gasteiger partial charge in [0, 0.05) is 31.0 Å². The molecule has 1 aromatic heterocycles. The van der Waals surface area contributed by atoms with E-state index in [-0.39, 0.29) is 6.09 Å². The normalized spacial score (nSPS) is 17.9. The summed E-state index contributed by atoms with van der Waals surface area (Å²) in [4.78, 5) is 23.5. The van der Waals surface area contributed by atoms with Gasteiger partial charge in [0.25, 0.3) is 0 Å². The van der Waals surface area contributed by atoms with Gasteiger partial charge in [0.15, 0.2) is 0 Å². The van der Waals surface area contributed by atoms with Crippen molar-refractivity contribution < 1.29 is 14.3 Å². The van der Waals surface area contributed by atoms with Crippen molar-refractivity contribution in [1.29, 1.82) is 0 Å². The molecule has 0 radical (unpaired) electrons.